The van der Waals surface area contributed by atoms with Gasteiger partial charge in [-0.2, -0.15) is 0 Å². The molecule has 1 rings (SSSR count). The van der Waals surface area contributed by atoms with Gasteiger partial charge in [0.05, 0.1) is 0 Å². The van der Waals surface area contributed by atoms with E-state index in [-0.39, 0.29) is 23.3 Å². The molecule has 0 aliphatic carbocycles. The molecule has 0 saturated heterocycles. The maximum atomic E-state index is 13.9. The fraction of sp³-hybridized carbons (Fsp3) is 0.500. The molecule has 2 atom stereocenters. The van der Waals surface area contributed by atoms with Crippen LogP contribution in [0.5, 0.6) is 0 Å². The van der Waals surface area contributed by atoms with Gasteiger partial charge in [0.15, 0.2) is 11.6 Å². The summed E-state index contributed by atoms with van der Waals surface area (Å²) < 4.78 is 27.7. The highest BCUT2D eigenvalue weighted by Crippen LogP contribution is 2.25. The number of rotatable bonds is 6. The van der Waals surface area contributed by atoms with Crippen molar-refractivity contribution >= 4 is 23.3 Å². The lowest BCUT2D eigenvalue weighted by Gasteiger charge is -2.18. The molecule has 8 heteroatoms. The summed E-state index contributed by atoms with van der Waals surface area (Å²) in [5, 5.41) is 7.46. The normalized spacial score (nSPS) is 13.0. The first-order valence-electron chi connectivity index (χ1n) is 7.70. The van der Waals surface area contributed by atoms with E-state index in [0.29, 0.717) is 0 Å². The third kappa shape index (κ3) is 5.36. The quantitative estimate of drug-likeness (QED) is 0.743. The summed E-state index contributed by atoms with van der Waals surface area (Å²) in [6, 6.07) is 0.517. The zero-order chi connectivity index (χ0) is 18.4. The van der Waals surface area contributed by atoms with Gasteiger partial charge in [0.25, 0.3) is 0 Å². The summed E-state index contributed by atoms with van der Waals surface area (Å²) in [7, 11) is 3.03. The topological polar surface area (TPSA) is 73.5 Å². The molecule has 0 spiro atoms. The summed E-state index contributed by atoms with van der Waals surface area (Å²) in [5.74, 6) is -1.92. The van der Waals surface area contributed by atoms with Crippen LogP contribution >= 0.6 is 0 Å². The standard InChI is InChI=1S/C16H24F2N4O2/c1-6-9(2)19-15(23)10(3)20-16(24)21-11-7-12(17)14(22(4)5)13(18)8-11/h7-10H,6H2,1-5H3,(H,19,23)(H2,20,21,24)/t9-,10+/m1/s1. The van der Waals surface area contributed by atoms with Crippen LogP contribution in [0.3, 0.4) is 0 Å². The van der Waals surface area contributed by atoms with Crippen LogP contribution in [0.15, 0.2) is 12.1 Å². The lowest BCUT2D eigenvalue weighted by atomic mass is 10.2. The number of carbonyl (C=O) groups is 2. The lowest BCUT2D eigenvalue weighted by molar-refractivity contribution is -0.123. The number of hydrogen-bond acceptors (Lipinski definition) is 3. The predicted octanol–water partition coefficient (Wildman–Crippen LogP) is 2.46. The molecule has 0 aromatic heterocycles. The van der Waals surface area contributed by atoms with Crippen molar-refractivity contribution in [1.29, 1.82) is 0 Å². The number of nitrogens with one attached hydrogen (secondary N) is 3. The Labute approximate surface area is 140 Å². The SMILES string of the molecule is CC[C@@H](C)NC(=O)[C@H](C)NC(=O)Nc1cc(F)c(N(C)C)c(F)c1. The van der Waals surface area contributed by atoms with E-state index < -0.39 is 23.7 Å². The minimum absolute atomic E-state index is 0.00780. The number of amides is 3. The molecule has 0 aliphatic rings. The molecule has 0 heterocycles. The van der Waals surface area contributed by atoms with Crippen molar-refractivity contribution in [3.63, 3.8) is 0 Å². The van der Waals surface area contributed by atoms with E-state index in [1.165, 1.54) is 25.9 Å². The average Bonchev–Trinajstić information content (AvgIpc) is 2.45. The van der Waals surface area contributed by atoms with Gasteiger partial charge in [0, 0.05) is 25.8 Å². The smallest absolute Gasteiger partial charge is 0.319 e. The average molecular weight is 342 g/mol. The molecule has 0 saturated carbocycles. The second-order valence-electron chi connectivity index (χ2n) is 5.82. The number of halogens is 2. The minimum atomic E-state index is -0.794. The van der Waals surface area contributed by atoms with Crippen molar-refractivity contribution in [2.24, 2.45) is 0 Å². The van der Waals surface area contributed by atoms with Crippen LogP contribution in [-0.2, 0) is 4.79 Å². The molecular formula is C16H24F2N4O2. The maximum Gasteiger partial charge on any atom is 0.319 e. The van der Waals surface area contributed by atoms with E-state index in [4.69, 9.17) is 0 Å². The second-order valence-corrected chi connectivity index (χ2v) is 5.82. The van der Waals surface area contributed by atoms with Gasteiger partial charge in [-0.3, -0.25) is 4.79 Å². The van der Waals surface area contributed by atoms with Gasteiger partial charge < -0.3 is 20.9 Å². The Bertz CT molecular complexity index is 585. The molecule has 0 unspecified atom stereocenters. The summed E-state index contributed by atoms with van der Waals surface area (Å²) >= 11 is 0. The maximum absolute atomic E-state index is 13.9. The highest BCUT2D eigenvalue weighted by molar-refractivity contribution is 5.93. The van der Waals surface area contributed by atoms with Crippen LogP contribution in [0.2, 0.25) is 0 Å². The van der Waals surface area contributed by atoms with Crippen molar-refractivity contribution in [3.05, 3.63) is 23.8 Å². The van der Waals surface area contributed by atoms with Crippen molar-refractivity contribution in [2.75, 3.05) is 24.3 Å². The van der Waals surface area contributed by atoms with Crippen LogP contribution in [0.1, 0.15) is 27.2 Å². The van der Waals surface area contributed by atoms with Crippen LogP contribution in [0.4, 0.5) is 25.0 Å². The molecule has 3 amide bonds. The van der Waals surface area contributed by atoms with Gasteiger partial charge in [-0.15, -0.1) is 0 Å². The van der Waals surface area contributed by atoms with Crippen LogP contribution in [0, 0.1) is 11.6 Å². The van der Waals surface area contributed by atoms with Gasteiger partial charge in [-0.25, -0.2) is 13.6 Å². The van der Waals surface area contributed by atoms with E-state index in [1.807, 2.05) is 13.8 Å². The summed E-state index contributed by atoms with van der Waals surface area (Å²) in [4.78, 5) is 25.0. The van der Waals surface area contributed by atoms with Gasteiger partial charge in [-0.05, 0) is 32.4 Å². The highest BCUT2D eigenvalue weighted by atomic mass is 19.1. The molecule has 6 nitrogen and oxygen atoms in total. The van der Waals surface area contributed by atoms with Crippen molar-refractivity contribution in [1.82, 2.24) is 10.6 Å². The predicted molar refractivity (Wildman–Crippen MR) is 90.2 cm³/mol. The second kappa shape index (κ2) is 8.47. The van der Waals surface area contributed by atoms with Gasteiger partial charge in [-0.1, -0.05) is 6.92 Å². The highest BCUT2D eigenvalue weighted by Gasteiger charge is 2.18. The number of hydrogen-bond donors (Lipinski definition) is 3. The Balaban J connectivity index is 2.70. The van der Waals surface area contributed by atoms with Gasteiger partial charge >= 0.3 is 6.03 Å². The number of urea groups is 1. The van der Waals surface area contributed by atoms with Crippen molar-refractivity contribution in [2.45, 2.75) is 39.3 Å². The fourth-order valence-corrected chi connectivity index (χ4v) is 1.96. The largest absolute Gasteiger partial charge is 0.373 e. The first kappa shape index (κ1) is 19.7. The third-order valence-electron chi connectivity index (χ3n) is 3.46. The van der Waals surface area contributed by atoms with E-state index in [9.17, 15) is 18.4 Å². The lowest BCUT2D eigenvalue weighted by Crippen LogP contribution is -2.48. The monoisotopic (exact) mass is 342 g/mol. The molecule has 1 aromatic carbocycles. The molecule has 0 fully saturated rings. The molecule has 0 bridgehead atoms. The Morgan fingerprint density at radius 2 is 1.67 bits per heavy atom. The molecule has 134 valence electrons. The number of anilines is 2. The zero-order valence-electron chi connectivity index (χ0n) is 14.5. The molecular weight excluding hydrogens is 318 g/mol. The summed E-state index contributed by atoms with van der Waals surface area (Å²) in [6.45, 7) is 5.30. The molecule has 0 aliphatic heterocycles. The fourth-order valence-electron chi connectivity index (χ4n) is 1.96. The van der Waals surface area contributed by atoms with Crippen molar-refractivity contribution in [3.8, 4) is 0 Å². The number of carbonyl (C=O) groups excluding carboxylic acids is 2. The Morgan fingerprint density at radius 1 is 1.12 bits per heavy atom. The minimum Gasteiger partial charge on any atom is -0.373 e. The molecule has 0 radical (unpaired) electrons. The van der Waals surface area contributed by atoms with Crippen LogP contribution in [-0.4, -0.2) is 38.1 Å². The molecule has 3 N–H and O–H groups in total. The van der Waals surface area contributed by atoms with Crippen LogP contribution in [0.25, 0.3) is 0 Å². The molecule has 24 heavy (non-hydrogen) atoms. The first-order valence-corrected chi connectivity index (χ1v) is 7.70. The number of nitrogens with zero attached hydrogens (tertiary/aromatic N) is 1. The van der Waals surface area contributed by atoms with E-state index in [1.54, 1.807) is 0 Å². The Kier molecular flexibility index (Phi) is 6.94. The van der Waals surface area contributed by atoms with E-state index >= 15 is 0 Å². The summed E-state index contributed by atoms with van der Waals surface area (Å²) in [6.07, 6.45) is 0.765. The van der Waals surface area contributed by atoms with E-state index in [0.717, 1.165) is 18.6 Å². The van der Waals surface area contributed by atoms with Crippen molar-refractivity contribution < 1.29 is 18.4 Å². The number of benzene rings is 1. The Hall–Kier alpha value is -2.38. The van der Waals surface area contributed by atoms with E-state index in [2.05, 4.69) is 16.0 Å². The van der Waals surface area contributed by atoms with Gasteiger partial charge in [0.1, 0.15) is 11.7 Å². The summed E-state index contributed by atoms with van der Waals surface area (Å²) in [5.41, 5.74) is -0.232. The Morgan fingerprint density at radius 3 is 2.12 bits per heavy atom. The first-order chi connectivity index (χ1) is 11.1. The van der Waals surface area contributed by atoms with Crippen LogP contribution < -0.4 is 20.9 Å². The third-order valence-corrected chi connectivity index (χ3v) is 3.46. The molecule has 1 aromatic rings. The zero-order valence-corrected chi connectivity index (χ0v) is 14.5. The van der Waals surface area contributed by atoms with Gasteiger partial charge in [0.2, 0.25) is 5.91 Å².